The van der Waals surface area contributed by atoms with Crippen LogP contribution >= 0.6 is 11.3 Å². The number of hydrogen-bond donors (Lipinski definition) is 1. The summed E-state index contributed by atoms with van der Waals surface area (Å²) < 4.78 is 6.80. The van der Waals surface area contributed by atoms with Crippen molar-refractivity contribution in [2.75, 3.05) is 11.9 Å². The lowest BCUT2D eigenvalue weighted by Crippen LogP contribution is -2.13. The van der Waals surface area contributed by atoms with Gasteiger partial charge in [-0.2, -0.15) is 5.10 Å². The fraction of sp³-hybridized carbons (Fsp3) is 0.261. The molecule has 0 radical (unpaired) electrons. The second-order valence-corrected chi connectivity index (χ2v) is 7.99. The number of amides is 1. The highest BCUT2D eigenvalue weighted by atomic mass is 32.1. The summed E-state index contributed by atoms with van der Waals surface area (Å²) in [6, 6.07) is 9.31. The van der Waals surface area contributed by atoms with Gasteiger partial charge in [0, 0.05) is 29.1 Å². The molecule has 4 rings (SSSR count). The van der Waals surface area contributed by atoms with E-state index in [1.807, 2.05) is 49.0 Å². The molecule has 0 fully saturated rings. The number of para-hydroxylation sites is 1. The molecule has 3 heterocycles. The third-order valence-electron chi connectivity index (χ3n) is 4.91. The lowest BCUT2D eigenvalue weighted by molar-refractivity contribution is -0.142. The van der Waals surface area contributed by atoms with E-state index in [4.69, 9.17) is 9.72 Å². The van der Waals surface area contributed by atoms with Gasteiger partial charge >= 0.3 is 5.97 Å². The second kappa shape index (κ2) is 9.27. The van der Waals surface area contributed by atoms with Gasteiger partial charge in [0.05, 0.1) is 41.2 Å². The molecule has 8 nitrogen and oxygen atoms in total. The second-order valence-electron chi connectivity index (χ2n) is 7.14. The number of fused-ring (bicyclic) bond motifs is 1. The number of hydrogen-bond acceptors (Lipinski definition) is 7. The summed E-state index contributed by atoms with van der Waals surface area (Å²) in [4.78, 5) is 34.0. The zero-order chi connectivity index (χ0) is 22.7. The number of esters is 1. The van der Waals surface area contributed by atoms with Crippen molar-refractivity contribution < 1.29 is 14.3 Å². The predicted octanol–water partition coefficient (Wildman–Crippen LogP) is 4.24. The molecule has 0 saturated heterocycles. The smallest absolute Gasteiger partial charge is 0.311 e. The number of anilines is 1. The Morgan fingerprint density at radius 1 is 1.19 bits per heavy atom. The first kappa shape index (κ1) is 21.6. The fourth-order valence-corrected chi connectivity index (χ4v) is 4.11. The van der Waals surface area contributed by atoms with E-state index in [0.29, 0.717) is 28.7 Å². The average Bonchev–Trinajstić information content (AvgIpc) is 3.38. The van der Waals surface area contributed by atoms with Crippen LogP contribution in [0.25, 0.3) is 22.2 Å². The zero-order valence-electron chi connectivity index (χ0n) is 18.1. The molecule has 1 aromatic carbocycles. The van der Waals surface area contributed by atoms with Crippen molar-refractivity contribution in [3.63, 3.8) is 0 Å². The molecule has 164 valence electrons. The van der Waals surface area contributed by atoms with Crippen LogP contribution in [-0.4, -0.2) is 38.2 Å². The number of aryl methyl sites for hydroxylation is 2. The van der Waals surface area contributed by atoms with Crippen LogP contribution in [0.3, 0.4) is 0 Å². The number of benzene rings is 1. The monoisotopic (exact) mass is 449 g/mol. The molecule has 1 amide bonds. The predicted molar refractivity (Wildman–Crippen MR) is 124 cm³/mol. The van der Waals surface area contributed by atoms with Gasteiger partial charge in [0.15, 0.2) is 5.13 Å². The first-order valence-electron chi connectivity index (χ1n) is 10.3. The summed E-state index contributed by atoms with van der Waals surface area (Å²) in [6.45, 7) is 6.78. The van der Waals surface area contributed by atoms with E-state index in [1.165, 1.54) is 11.3 Å². The van der Waals surface area contributed by atoms with Crippen LogP contribution in [0.1, 0.15) is 35.6 Å². The molecular formula is C23H23N5O3S. The van der Waals surface area contributed by atoms with Gasteiger partial charge in [-0.15, -0.1) is 11.3 Å². The van der Waals surface area contributed by atoms with E-state index < -0.39 is 0 Å². The minimum absolute atomic E-state index is 0.0727. The summed E-state index contributed by atoms with van der Waals surface area (Å²) >= 11 is 1.27. The van der Waals surface area contributed by atoms with E-state index in [9.17, 15) is 9.59 Å². The molecule has 0 aliphatic rings. The van der Waals surface area contributed by atoms with Crippen molar-refractivity contribution in [3.8, 4) is 11.3 Å². The lowest BCUT2D eigenvalue weighted by Gasteiger charge is -2.09. The van der Waals surface area contributed by atoms with E-state index >= 15 is 0 Å². The maximum absolute atomic E-state index is 13.2. The molecule has 0 bridgehead atoms. The molecular weight excluding hydrogens is 426 g/mol. The SMILES string of the molecule is CCOC(=O)Cc1csc(NC(=O)c2cc(-c3cn(CC)nc3C)nc3ccccc23)n1. The Hall–Kier alpha value is -3.59. The van der Waals surface area contributed by atoms with Crippen molar-refractivity contribution in [1.29, 1.82) is 0 Å². The average molecular weight is 450 g/mol. The Balaban J connectivity index is 1.66. The summed E-state index contributed by atoms with van der Waals surface area (Å²) in [5, 5.41) is 10.3. The van der Waals surface area contributed by atoms with E-state index in [1.54, 1.807) is 18.4 Å². The van der Waals surface area contributed by atoms with Crippen molar-refractivity contribution in [1.82, 2.24) is 19.7 Å². The Labute approximate surface area is 189 Å². The van der Waals surface area contributed by atoms with Gasteiger partial charge in [-0.05, 0) is 32.9 Å². The maximum atomic E-state index is 13.2. The highest BCUT2D eigenvalue weighted by molar-refractivity contribution is 7.14. The topological polar surface area (TPSA) is 99.0 Å². The van der Waals surface area contributed by atoms with Crippen LogP contribution in [0.4, 0.5) is 5.13 Å². The minimum atomic E-state index is -0.344. The number of aromatic nitrogens is 4. The van der Waals surface area contributed by atoms with Crippen molar-refractivity contribution in [2.45, 2.75) is 33.7 Å². The Bertz CT molecular complexity index is 1290. The third-order valence-corrected chi connectivity index (χ3v) is 5.72. The van der Waals surface area contributed by atoms with Gasteiger partial charge in [0.2, 0.25) is 0 Å². The van der Waals surface area contributed by atoms with Crippen molar-refractivity contribution >= 4 is 39.2 Å². The fourth-order valence-electron chi connectivity index (χ4n) is 3.40. The quantitative estimate of drug-likeness (QED) is 0.424. The standard InChI is InChI=1S/C23H23N5O3S/c1-4-28-12-18(14(3)27-28)20-11-17(16-8-6-7-9-19(16)25-20)22(30)26-23-24-15(13-32-23)10-21(29)31-5-2/h6-9,11-13H,4-5,10H2,1-3H3,(H,24,26,30). The maximum Gasteiger partial charge on any atom is 0.311 e. The number of nitrogens with one attached hydrogen (secondary N) is 1. The molecule has 0 aliphatic heterocycles. The number of pyridine rings is 1. The normalized spacial score (nSPS) is 11.0. The van der Waals surface area contributed by atoms with Crippen LogP contribution in [0.15, 0.2) is 41.9 Å². The Morgan fingerprint density at radius 3 is 2.75 bits per heavy atom. The summed E-state index contributed by atoms with van der Waals surface area (Å²) in [6.07, 6.45) is 2.01. The molecule has 3 aromatic heterocycles. The minimum Gasteiger partial charge on any atom is -0.466 e. The van der Waals surface area contributed by atoms with Gasteiger partial charge in [-0.25, -0.2) is 9.97 Å². The number of carbonyl (C=O) groups is 2. The Kier molecular flexibility index (Phi) is 6.27. The summed E-state index contributed by atoms with van der Waals surface area (Å²) in [7, 11) is 0. The third kappa shape index (κ3) is 4.52. The van der Waals surface area contributed by atoms with Gasteiger partial charge in [0.1, 0.15) is 0 Å². The van der Waals surface area contributed by atoms with Gasteiger partial charge in [-0.3, -0.25) is 19.6 Å². The lowest BCUT2D eigenvalue weighted by atomic mass is 10.0. The molecule has 1 N–H and O–H groups in total. The first-order valence-corrected chi connectivity index (χ1v) is 11.2. The molecule has 0 aliphatic carbocycles. The van der Waals surface area contributed by atoms with Gasteiger partial charge in [-0.1, -0.05) is 18.2 Å². The highest BCUT2D eigenvalue weighted by Gasteiger charge is 2.18. The number of nitrogens with zero attached hydrogens (tertiary/aromatic N) is 4. The number of carbonyl (C=O) groups excluding carboxylic acids is 2. The molecule has 0 spiro atoms. The number of thiazole rings is 1. The van der Waals surface area contributed by atoms with Crippen molar-refractivity contribution in [3.05, 3.63) is 58.9 Å². The molecule has 0 unspecified atom stereocenters. The molecule has 4 aromatic rings. The van der Waals surface area contributed by atoms with Crippen LogP contribution in [0, 0.1) is 6.92 Å². The van der Waals surface area contributed by atoms with Crippen molar-refractivity contribution in [2.24, 2.45) is 0 Å². The summed E-state index contributed by atoms with van der Waals surface area (Å²) in [5.41, 5.74) is 4.21. The molecule has 9 heteroatoms. The highest BCUT2D eigenvalue weighted by Crippen LogP contribution is 2.28. The number of ether oxygens (including phenoxy) is 1. The van der Waals surface area contributed by atoms with E-state index in [2.05, 4.69) is 15.4 Å². The molecule has 0 atom stereocenters. The zero-order valence-corrected chi connectivity index (χ0v) is 18.9. The van der Waals surface area contributed by atoms with Crippen LogP contribution in [0.2, 0.25) is 0 Å². The Morgan fingerprint density at radius 2 is 2.00 bits per heavy atom. The van der Waals surface area contributed by atoms with Crippen LogP contribution < -0.4 is 5.32 Å². The van der Waals surface area contributed by atoms with E-state index in [0.717, 1.165) is 28.7 Å². The molecule has 0 saturated carbocycles. The van der Waals surface area contributed by atoms with Gasteiger partial charge in [0.25, 0.3) is 5.91 Å². The van der Waals surface area contributed by atoms with Gasteiger partial charge < -0.3 is 4.74 Å². The first-order chi connectivity index (χ1) is 15.5. The van der Waals surface area contributed by atoms with Crippen LogP contribution in [0.5, 0.6) is 0 Å². The van der Waals surface area contributed by atoms with E-state index in [-0.39, 0.29) is 18.3 Å². The van der Waals surface area contributed by atoms with Crippen LogP contribution in [-0.2, 0) is 22.5 Å². The largest absolute Gasteiger partial charge is 0.466 e. The summed E-state index contributed by atoms with van der Waals surface area (Å²) in [5.74, 6) is -0.633. The number of rotatable bonds is 7. The molecule has 32 heavy (non-hydrogen) atoms.